The van der Waals surface area contributed by atoms with Crippen LogP contribution in [-0.4, -0.2) is 60.4 Å². The van der Waals surface area contributed by atoms with Crippen LogP contribution in [0.5, 0.6) is 5.75 Å². The topological polar surface area (TPSA) is 116 Å². The molecule has 0 unspecified atom stereocenters. The van der Waals surface area contributed by atoms with Crippen molar-refractivity contribution >= 4 is 15.9 Å². The van der Waals surface area contributed by atoms with Crippen LogP contribution in [0, 0.1) is 0 Å². The van der Waals surface area contributed by atoms with Crippen molar-refractivity contribution in [1.29, 1.82) is 0 Å². The third kappa shape index (κ3) is 6.63. The van der Waals surface area contributed by atoms with Crippen molar-refractivity contribution in [1.82, 2.24) is 10.2 Å². The minimum atomic E-state index is -4.31. The third-order valence-corrected chi connectivity index (χ3v) is 7.07. The summed E-state index contributed by atoms with van der Waals surface area (Å²) in [5.74, 6) is -0.676. The summed E-state index contributed by atoms with van der Waals surface area (Å²) >= 11 is 0. The molecule has 0 aliphatic carbocycles. The molecule has 37 heavy (non-hydrogen) atoms. The number of aliphatic hydroxyl groups is 1. The average Bonchev–Trinajstić information content (AvgIpc) is 3.30. The van der Waals surface area contributed by atoms with Gasteiger partial charge in [-0.25, -0.2) is 0 Å². The van der Waals surface area contributed by atoms with E-state index in [1.165, 1.54) is 0 Å². The Bertz CT molecular complexity index is 1260. The average molecular weight is 525 g/mol. The van der Waals surface area contributed by atoms with Crippen molar-refractivity contribution in [2.75, 3.05) is 25.6 Å². The molecular formula is C28H32N2O6S. The van der Waals surface area contributed by atoms with Gasteiger partial charge in [0.25, 0.3) is 0 Å². The van der Waals surface area contributed by atoms with Gasteiger partial charge in [-0.2, -0.15) is 8.42 Å². The van der Waals surface area contributed by atoms with Gasteiger partial charge in [0.2, 0.25) is 5.94 Å². The summed E-state index contributed by atoms with van der Waals surface area (Å²) in [7, 11) is -4.31. The van der Waals surface area contributed by atoms with Crippen LogP contribution in [0.15, 0.2) is 84.9 Å². The van der Waals surface area contributed by atoms with Gasteiger partial charge in [-0.3, -0.25) is 19.6 Å². The van der Waals surface area contributed by atoms with Gasteiger partial charge in [-0.05, 0) is 42.2 Å². The zero-order valence-electron chi connectivity index (χ0n) is 20.7. The fraction of sp³-hybridized carbons (Fsp3) is 0.321. The molecule has 1 saturated heterocycles. The van der Waals surface area contributed by atoms with Gasteiger partial charge in [0.15, 0.2) is 5.78 Å². The number of carbonyl (C=O) groups excluding carboxylic acids is 1. The van der Waals surface area contributed by atoms with Crippen molar-refractivity contribution in [3.8, 4) is 5.75 Å². The molecule has 0 aromatic heterocycles. The number of likely N-dealkylation sites (tertiary alicyclic amines) is 1. The maximum absolute atomic E-state index is 13.6. The smallest absolute Gasteiger partial charge is 0.300 e. The molecule has 0 radical (unpaired) electrons. The Morgan fingerprint density at radius 1 is 1.05 bits per heavy atom. The largest absolute Gasteiger partial charge is 0.475 e. The fourth-order valence-corrected chi connectivity index (χ4v) is 5.20. The van der Waals surface area contributed by atoms with Crippen LogP contribution >= 0.6 is 0 Å². The SMILES string of the molecule is CC(=O)C(N[C@H](CN1CC[C@@H](O)C1)c1cccc(OCS(=O)(=O)O)c1)(c1ccccc1)c1ccccc1. The number of nitrogens with one attached hydrogen (secondary N) is 1. The summed E-state index contributed by atoms with van der Waals surface area (Å²) in [5.41, 5.74) is 1.18. The number of benzene rings is 3. The van der Waals surface area contributed by atoms with E-state index in [1.807, 2.05) is 66.7 Å². The Labute approximate surface area is 217 Å². The first-order valence-corrected chi connectivity index (χ1v) is 13.8. The van der Waals surface area contributed by atoms with Gasteiger partial charge in [0, 0.05) is 25.7 Å². The highest BCUT2D eigenvalue weighted by Crippen LogP contribution is 2.35. The van der Waals surface area contributed by atoms with Crippen LogP contribution in [0.2, 0.25) is 0 Å². The Balaban J connectivity index is 1.79. The van der Waals surface area contributed by atoms with E-state index in [0.29, 0.717) is 26.1 Å². The number of rotatable bonds is 11. The second-order valence-electron chi connectivity index (χ2n) is 9.35. The Hall–Kier alpha value is -3.08. The van der Waals surface area contributed by atoms with Gasteiger partial charge >= 0.3 is 10.1 Å². The minimum absolute atomic E-state index is 0.0878. The molecule has 0 spiro atoms. The maximum atomic E-state index is 13.6. The van der Waals surface area contributed by atoms with Gasteiger partial charge in [-0.15, -0.1) is 0 Å². The first-order chi connectivity index (χ1) is 17.7. The lowest BCUT2D eigenvalue weighted by Gasteiger charge is -2.39. The number of β-amino-alcohol motifs (C(OH)–C–C–N with tert-alkyl or cyclic N) is 1. The van der Waals surface area contributed by atoms with E-state index in [2.05, 4.69) is 10.2 Å². The molecule has 1 fully saturated rings. The second-order valence-corrected chi connectivity index (χ2v) is 10.8. The molecular weight excluding hydrogens is 492 g/mol. The third-order valence-electron chi connectivity index (χ3n) is 6.66. The maximum Gasteiger partial charge on any atom is 0.300 e. The highest BCUT2D eigenvalue weighted by Gasteiger charge is 2.41. The van der Waals surface area contributed by atoms with E-state index in [-0.39, 0.29) is 11.5 Å². The zero-order valence-corrected chi connectivity index (χ0v) is 21.5. The monoisotopic (exact) mass is 524 g/mol. The first-order valence-electron chi connectivity index (χ1n) is 12.2. The van der Waals surface area contributed by atoms with E-state index >= 15 is 0 Å². The van der Waals surface area contributed by atoms with Crippen LogP contribution in [0.1, 0.15) is 36.1 Å². The number of nitrogens with zero attached hydrogens (tertiary/aromatic N) is 1. The minimum Gasteiger partial charge on any atom is -0.475 e. The van der Waals surface area contributed by atoms with Crippen molar-refractivity contribution in [3.05, 3.63) is 102 Å². The van der Waals surface area contributed by atoms with Gasteiger partial charge in [0.05, 0.1) is 6.10 Å². The number of Topliss-reactive ketones (excluding diaryl/α,β-unsaturated/α-hetero) is 1. The standard InChI is InChI=1S/C28H32N2O6S/c1-21(31)28(23-10-4-2-5-11-23,24-12-6-3-7-13-24)29-27(19-30-16-15-25(32)18-30)22-9-8-14-26(17-22)36-20-37(33,34)35/h2-14,17,25,27,29,32H,15-16,18-20H2,1H3,(H,33,34,35)/t25-,27-/m1/s1. The summed E-state index contributed by atoms with van der Waals surface area (Å²) in [6.45, 7) is 3.28. The van der Waals surface area contributed by atoms with Crippen LogP contribution in [-0.2, 0) is 20.5 Å². The van der Waals surface area contributed by atoms with Gasteiger partial charge in [-0.1, -0.05) is 72.8 Å². The van der Waals surface area contributed by atoms with Gasteiger partial charge in [0.1, 0.15) is 11.3 Å². The van der Waals surface area contributed by atoms with E-state index in [1.54, 1.807) is 25.1 Å². The van der Waals surface area contributed by atoms with Crippen molar-refractivity contribution in [2.24, 2.45) is 0 Å². The molecule has 2 atom stereocenters. The summed E-state index contributed by atoms with van der Waals surface area (Å²) in [6.07, 6.45) is 0.255. The molecule has 8 nitrogen and oxygen atoms in total. The predicted octanol–water partition coefficient (Wildman–Crippen LogP) is 3.14. The fourth-order valence-electron chi connectivity index (χ4n) is 4.91. The first kappa shape index (κ1) is 27.0. The number of carbonyl (C=O) groups is 1. The van der Waals surface area contributed by atoms with Crippen LogP contribution in [0.4, 0.5) is 0 Å². The van der Waals surface area contributed by atoms with E-state index in [4.69, 9.17) is 9.29 Å². The van der Waals surface area contributed by atoms with Crippen molar-refractivity contribution in [2.45, 2.75) is 31.0 Å². The highest BCUT2D eigenvalue weighted by atomic mass is 32.2. The Morgan fingerprint density at radius 3 is 2.19 bits per heavy atom. The molecule has 3 aromatic carbocycles. The normalized spacial score (nSPS) is 17.4. The molecule has 196 valence electrons. The molecule has 9 heteroatoms. The number of hydrogen-bond donors (Lipinski definition) is 3. The molecule has 0 bridgehead atoms. The summed E-state index contributed by atoms with van der Waals surface area (Å²) in [6, 6.07) is 25.6. The summed E-state index contributed by atoms with van der Waals surface area (Å²) in [5, 5.41) is 13.8. The quantitative estimate of drug-likeness (QED) is 0.328. The molecule has 3 N–H and O–H groups in total. The van der Waals surface area contributed by atoms with Crippen LogP contribution < -0.4 is 10.1 Å². The molecule has 0 amide bonds. The molecule has 0 saturated carbocycles. The number of aliphatic hydroxyl groups excluding tert-OH is 1. The molecule has 1 aliphatic rings. The Kier molecular flexibility index (Phi) is 8.41. The molecule has 1 heterocycles. The van der Waals surface area contributed by atoms with E-state index in [9.17, 15) is 18.3 Å². The van der Waals surface area contributed by atoms with E-state index in [0.717, 1.165) is 16.7 Å². The lowest BCUT2D eigenvalue weighted by atomic mass is 9.78. The number of hydrogen-bond acceptors (Lipinski definition) is 7. The number of ether oxygens (including phenoxy) is 1. The van der Waals surface area contributed by atoms with Crippen molar-refractivity contribution in [3.63, 3.8) is 0 Å². The van der Waals surface area contributed by atoms with Crippen LogP contribution in [0.3, 0.4) is 0 Å². The molecule has 4 rings (SSSR count). The van der Waals surface area contributed by atoms with Crippen LogP contribution in [0.25, 0.3) is 0 Å². The summed E-state index contributed by atoms with van der Waals surface area (Å²) < 4.78 is 36.8. The van der Waals surface area contributed by atoms with Gasteiger partial charge < -0.3 is 9.84 Å². The van der Waals surface area contributed by atoms with E-state index < -0.39 is 33.7 Å². The lowest BCUT2D eigenvalue weighted by Crippen LogP contribution is -2.52. The zero-order chi connectivity index (χ0) is 26.5. The number of ketones is 1. The Morgan fingerprint density at radius 2 is 1.68 bits per heavy atom. The molecule has 3 aromatic rings. The predicted molar refractivity (Wildman–Crippen MR) is 141 cm³/mol. The summed E-state index contributed by atoms with van der Waals surface area (Å²) in [4.78, 5) is 15.7. The van der Waals surface area contributed by atoms with Crippen molar-refractivity contribution < 1.29 is 27.6 Å². The molecule has 1 aliphatic heterocycles. The highest BCUT2D eigenvalue weighted by molar-refractivity contribution is 7.85. The lowest BCUT2D eigenvalue weighted by molar-refractivity contribution is -0.122. The second kappa shape index (κ2) is 11.5.